The van der Waals surface area contributed by atoms with Gasteiger partial charge in [0, 0.05) is 36.7 Å². The quantitative estimate of drug-likeness (QED) is 0.619. The molecule has 2 heterocycles. The number of carbonyl (C=O) groups excluding carboxylic acids is 2. The molecule has 134 valence electrons. The first-order valence-electron chi connectivity index (χ1n) is 8.57. The number of thiophene rings is 1. The van der Waals surface area contributed by atoms with E-state index in [-0.39, 0.29) is 24.5 Å². The molecular formula is C20H21N3O2S. The molecule has 3 aromatic rings. The van der Waals surface area contributed by atoms with Crippen LogP contribution in [0.25, 0.3) is 5.69 Å². The summed E-state index contributed by atoms with van der Waals surface area (Å²) in [6.07, 6.45) is 4.88. The van der Waals surface area contributed by atoms with Crippen molar-refractivity contribution in [3.8, 4) is 5.69 Å². The van der Waals surface area contributed by atoms with Crippen LogP contribution in [-0.2, 0) is 11.2 Å². The lowest BCUT2D eigenvalue weighted by atomic mass is 10.1. The van der Waals surface area contributed by atoms with Crippen molar-refractivity contribution >= 4 is 23.0 Å². The first-order chi connectivity index (χ1) is 12.6. The molecule has 0 unspecified atom stereocenters. The summed E-state index contributed by atoms with van der Waals surface area (Å²) in [6, 6.07) is 13.7. The van der Waals surface area contributed by atoms with Gasteiger partial charge >= 0.3 is 0 Å². The van der Waals surface area contributed by atoms with E-state index in [9.17, 15) is 9.59 Å². The van der Waals surface area contributed by atoms with Crippen LogP contribution in [0.1, 0.15) is 33.0 Å². The van der Waals surface area contributed by atoms with Crippen LogP contribution in [0.2, 0.25) is 0 Å². The lowest BCUT2D eigenvalue weighted by Gasteiger charge is -2.06. The van der Waals surface area contributed by atoms with Crippen LogP contribution in [0.4, 0.5) is 0 Å². The van der Waals surface area contributed by atoms with Gasteiger partial charge in [0.25, 0.3) is 0 Å². The molecule has 1 amide bonds. The van der Waals surface area contributed by atoms with Gasteiger partial charge in [-0.1, -0.05) is 12.1 Å². The summed E-state index contributed by atoms with van der Waals surface area (Å²) in [6.45, 7) is 2.53. The van der Waals surface area contributed by atoms with E-state index in [0.29, 0.717) is 6.54 Å². The minimum absolute atomic E-state index is 0.0347. The predicted molar refractivity (Wildman–Crippen MR) is 103 cm³/mol. The molecule has 2 aromatic heterocycles. The van der Waals surface area contributed by atoms with Crippen LogP contribution >= 0.6 is 11.3 Å². The summed E-state index contributed by atoms with van der Waals surface area (Å²) in [5, 5.41) is 7.07. The lowest BCUT2D eigenvalue weighted by molar-refractivity contribution is -0.121. The maximum absolute atomic E-state index is 12.0. The standard InChI is InChI=1S/C20H21N3O2S/c1-15-3-9-19(26-15)18(24)8-10-20(25)21-13-11-16-4-6-17(7-5-16)23-14-2-12-22-23/h2-7,9,12,14H,8,10-11,13H2,1H3,(H,21,25). The Morgan fingerprint density at radius 2 is 1.92 bits per heavy atom. The number of aromatic nitrogens is 2. The van der Waals surface area contributed by atoms with Crippen LogP contribution in [0.15, 0.2) is 54.9 Å². The van der Waals surface area contributed by atoms with E-state index >= 15 is 0 Å². The molecule has 1 N–H and O–H groups in total. The number of Topliss-reactive ketones (excluding diaryl/α,β-unsaturated/α-hetero) is 1. The summed E-state index contributed by atoms with van der Waals surface area (Å²) in [4.78, 5) is 25.8. The molecule has 0 saturated heterocycles. The molecular weight excluding hydrogens is 346 g/mol. The minimum atomic E-state index is -0.0835. The number of rotatable bonds is 8. The third-order valence-corrected chi connectivity index (χ3v) is 5.08. The number of amides is 1. The third kappa shape index (κ3) is 4.89. The van der Waals surface area contributed by atoms with Gasteiger partial charge in [0.05, 0.1) is 10.6 Å². The van der Waals surface area contributed by atoms with Crippen molar-refractivity contribution < 1.29 is 9.59 Å². The molecule has 0 atom stereocenters. The van der Waals surface area contributed by atoms with E-state index in [4.69, 9.17) is 0 Å². The molecule has 0 aliphatic rings. The van der Waals surface area contributed by atoms with Gasteiger partial charge in [-0.25, -0.2) is 4.68 Å². The molecule has 0 fully saturated rings. The Labute approximate surface area is 156 Å². The highest BCUT2D eigenvalue weighted by Gasteiger charge is 2.10. The van der Waals surface area contributed by atoms with Gasteiger partial charge < -0.3 is 5.32 Å². The van der Waals surface area contributed by atoms with Crippen molar-refractivity contribution in [1.82, 2.24) is 15.1 Å². The largest absolute Gasteiger partial charge is 0.356 e. The summed E-state index contributed by atoms with van der Waals surface area (Å²) in [5.41, 5.74) is 2.15. The van der Waals surface area contributed by atoms with Gasteiger partial charge in [0.1, 0.15) is 0 Å². The first kappa shape index (κ1) is 18.1. The number of benzene rings is 1. The number of aryl methyl sites for hydroxylation is 1. The molecule has 0 aliphatic carbocycles. The van der Waals surface area contributed by atoms with Crippen LogP contribution in [0.3, 0.4) is 0 Å². The molecule has 26 heavy (non-hydrogen) atoms. The molecule has 0 radical (unpaired) electrons. The molecule has 6 heteroatoms. The Bertz CT molecular complexity index is 867. The Balaban J connectivity index is 1.39. The molecule has 0 saturated carbocycles. The van der Waals surface area contributed by atoms with Crippen LogP contribution in [0.5, 0.6) is 0 Å². The normalized spacial score (nSPS) is 10.7. The average molecular weight is 367 g/mol. The highest BCUT2D eigenvalue weighted by Crippen LogP contribution is 2.17. The fourth-order valence-electron chi connectivity index (χ4n) is 2.61. The monoisotopic (exact) mass is 367 g/mol. The van der Waals surface area contributed by atoms with E-state index in [1.807, 2.05) is 55.6 Å². The predicted octanol–water partition coefficient (Wildman–Crippen LogP) is 3.56. The number of nitrogens with one attached hydrogen (secondary N) is 1. The van der Waals surface area contributed by atoms with Crippen molar-refractivity contribution in [2.24, 2.45) is 0 Å². The Morgan fingerprint density at radius 3 is 2.58 bits per heavy atom. The SMILES string of the molecule is Cc1ccc(C(=O)CCC(=O)NCCc2ccc(-n3cccn3)cc2)s1. The fourth-order valence-corrected chi connectivity index (χ4v) is 3.44. The van der Waals surface area contributed by atoms with Gasteiger partial charge in [0.2, 0.25) is 5.91 Å². The van der Waals surface area contributed by atoms with Crippen molar-refractivity contribution in [3.05, 3.63) is 70.2 Å². The van der Waals surface area contributed by atoms with Crippen LogP contribution in [-0.4, -0.2) is 28.0 Å². The van der Waals surface area contributed by atoms with E-state index in [0.717, 1.165) is 27.4 Å². The molecule has 1 aromatic carbocycles. The van der Waals surface area contributed by atoms with E-state index in [2.05, 4.69) is 10.4 Å². The Kier molecular flexibility index (Phi) is 5.96. The highest BCUT2D eigenvalue weighted by molar-refractivity contribution is 7.14. The van der Waals surface area contributed by atoms with Gasteiger partial charge in [-0.3, -0.25) is 9.59 Å². The van der Waals surface area contributed by atoms with Crippen molar-refractivity contribution in [2.45, 2.75) is 26.2 Å². The van der Waals surface area contributed by atoms with E-state index < -0.39 is 0 Å². The van der Waals surface area contributed by atoms with Crippen molar-refractivity contribution in [3.63, 3.8) is 0 Å². The number of ketones is 1. The fraction of sp³-hybridized carbons (Fsp3) is 0.250. The molecule has 0 bridgehead atoms. The maximum Gasteiger partial charge on any atom is 0.220 e. The first-order valence-corrected chi connectivity index (χ1v) is 9.39. The second kappa shape index (κ2) is 8.58. The zero-order valence-electron chi connectivity index (χ0n) is 14.6. The molecule has 3 rings (SSSR count). The minimum Gasteiger partial charge on any atom is -0.356 e. The van der Waals surface area contributed by atoms with E-state index in [1.165, 1.54) is 11.3 Å². The topological polar surface area (TPSA) is 64.0 Å². The van der Waals surface area contributed by atoms with E-state index in [1.54, 1.807) is 10.9 Å². The van der Waals surface area contributed by atoms with Crippen molar-refractivity contribution in [2.75, 3.05) is 6.54 Å². The van der Waals surface area contributed by atoms with Crippen LogP contribution in [0, 0.1) is 6.92 Å². The molecule has 5 nitrogen and oxygen atoms in total. The second-order valence-electron chi connectivity index (χ2n) is 6.05. The number of hydrogen-bond acceptors (Lipinski definition) is 4. The second-order valence-corrected chi connectivity index (χ2v) is 7.34. The smallest absolute Gasteiger partial charge is 0.220 e. The molecule has 0 spiro atoms. The zero-order valence-corrected chi connectivity index (χ0v) is 15.5. The number of hydrogen-bond donors (Lipinski definition) is 1. The van der Waals surface area contributed by atoms with Gasteiger partial charge in [-0.05, 0) is 49.2 Å². The average Bonchev–Trinajstić information content (AvgIpc) is 3.32. The summed E-state index contributed by atoms with van der Waals surface area (Å²) >= 11 is 1.48. The maximum atomic E-state index is 12.0. The summed E-state index contributed by atoms with van der Waals surface area (Å²) in [7, 11) is 0. The Hall–Kier alpha value is -2.73. The van der Waals surface area contributed by atoms with Gasteiger partial charge in [-0.2, -0.15) is 5.10 Å². The van der Waals surface area contributed by atoms with Crippen LogP contribution < -0.4 is 5.32 Å². The highest BCUT2D eigenvalue weighted by atomic mass is 32.1. The summed E-state index contributed by atoms with van der Waals surface area (Å²) in [5.74, 6) is -0.0488. The van der Waals surface area contributed by atoms with Crippen molar-refractivity contribution in [1.29, 1.82) is 0 Å². The number of carbonyl (C=O) groups is 2. The zero-order chi connectivity index (χ0) is 18.4. The lowest BCUT2D eigenvalue weighted by Crippen LogP contribution is -2.26. The third-order valence-electron chi connectivity index (χ3n) is 4.04. The van der Waals surface area contributed by atoms with Gasteiger partial charge in [0.15, 0.2) is 5.78 Å². The van der Waals surface area contributed by atoms with Gasteiger partial charge in [-0.15, -0.1) is 11.3 Å². The summed E-state index contributed by atoms with van der Waals surface area (Å²) < 4.78 is 1.80. The number of nitrogens with zero attached hydrogens (tertiary/aromatic N) is 2. The Morgan fingerprint density at radius 1 is 1.12 bits per heavy atom. The molecule has 0 aliphatic heterocycles.